The van der Waals surface area contributed by atoms with Crippen molar-refractivity contribution in [2.45, 2.75) is 18.4 Å². The van der Waals surface area contributed by atoms with Crippen LogP contribution in [0.4, 0.5) is 0 Å². The Labute approximate surface area is 119 Å². The molecular weight excluding hydrogens is 286 g/mol. The van der Waals surface area contributed by atoms with Gasteiger partial charge in [0.1, 0.15) is 5.03 Å². The van der Waals surface area contributed by atoms with Gasteiger partial charge in [0.05, 0.1) is 15.7 Å². The molecule has 0 saturated carbocycles. The Bertz CT molecular complexity index is 553. The van der Waals surface area contributed by atoms with E-state index in [-0.39, 0.29) is 5.78 Å². The Morgan fingerprint density at radius 2 is 2.28 bits per heavy atom. The first-order valence-corrected chi connectivity index (χ1v) is 7.74. The molecule has 0 fully saturated rings. The van der Waals surface area contributed by atoms with Crippen molar-refractivity contribution in [3.63, 3.8) is 0 Å². The van der Waals surface area contributed by atoms with E-state index in [1.165, 1.54) is 16.6 Å². The lowest BCUT2D eigenvalue weighted by molar-refractivity contribution is 0.102. The van der Waals surface area contributed by atoms with E-state index in [4.69, 9.17) is 11.6 Å². The molecule has 0 amide bonds. The molecule has 2 heterocycles. The summed E-state index contributed by atoms with van der Waals surface area (Å²) in [7, 11) is 0. The van der Waals surface area contributed by atoms with E-state index in [0.29, 0.717) is 15.8 Å². The molecule has 0 aromatic carbocycles. The summed E-state index contributed by atoms with van der Waals surface area (Å²) < 4.78 is 0. The van der Waals surface area contributed by atoms with Gasteiger partial charge >= 0.3 is 0 Å². The summed E-state index contributed by atoms with van der Waals surface area (Å²) in [5, 5.41) is 1.30. The summed E-state index contributed by atoms with van der Waals surface area (Å²) in [4.78, 5) is 18.2. The predicted octanol–water partition coefficient (Wildman–Crippen LogP) is 4.33. The number of thioether (sulfide) groups is 1. The Balaban J connectivity index is 1.98. The van der Waals surface area contributed by atoms with Crippen LogP contribution >= 0.6 is 34.7 Å². The molecule has 18 heavy (non-hydrogen) atoms. The molecule has 0 aliphatic heterocycles. The van der Waals surface area contributed by atoms with E-state index >= 15 is 0 Å². The van der Waals surface area contributed by atoms with E-state index in [9.17, 15) is 4.79 Å². The highest BCUT2D eigenvalue weighted by atomic mass is 35.5. The standard InChI is InChI=1S/C13H12ClNOS2/c1-2-9-5-6-12(18-9)11(16)8-17-13-10(14)4-3-7-15-13/h3-7H,2,8H2,1H3. The Hall–Kier alpha value is -0.840. The number of halogens is 1. The first-order valence-electron chi connectivity index (χ1n) is 5.56. The van der Waals surface area contributed by atoms with Crippen LogP contribution in [0, 0.1) is 0 Å². The van der Waals surface area contributed by atoms with Crippen molar-refractivity contribution in [1.29, 1.82) is 0 Å². The molecule has 2 nitrogen and oxygen atoms in total. The first kappa shape index (κ1) is 13.6. The molecule has 0 unspecified atom stereocenters. The zero-order valence-electron chi connectivity index (χ0n) is 9.85. The number of carbonyl (C=O) groups is 1. The van der Waals surface area contributed by atoms with Crippen molar-refractivity contribution >= 4 is 40.5 Å². The van der Waals surface area contributed by atoms with Crippen LogP contribution in [0.15, 0.2) is 35.5 Å². The summed E-state index contributed by atoms with van der Waals surface area (Å²) >= 11 is 8.93. The number of hydrogen-bond acceptors (Lipinski definition) is 4. The minimum absolute atomic E-state index is 0.131. The largest absolute Gasteiger partial charge is 0.292 e. The normalized spacial score (nSPS) is 10.6. The van der Waals surface area contributed by atoms with Crippen LogP contribution in [0.5, 0.6) is 0 Å². The van der Waals surface area contributed by atoms with Crippen LogP contribution in [0.1, 0.15) is 21.5 Å². The van der Waals surface area contributed by atoms with Gasteiger partial charge in [-0.05, 0) is 30.7 Å². The molecule has 2 rings (SSSR count). The van der Waals surface area contributed by atoms with Gasteiger partial charge in [0.2, 0.25) is 0 Å². The number of nitrogens with zero attached hydrogens (tertiary/aromatic N) is 1. The third-order valence-electron chi connectivity index (χ3n) is 2.35. The number of aromatic nitrogens is 1. The highest BCUT2D eigenvalue weighted by Gasteiger charge is 2.11. The van der Waals surface area contributed by atoms with Gasteiger partial charge in [0, 0.05) is 11.1 Å². The summed E-state index contributed by atoms with van der Waals surface area (Å²) in [6.07, 6.45) is 2.65. The van der Waals surface area contributed by atoms with Crippen LogP contribution in [-0.2, 0) is 6.42 Å². The van der Waals surface area contributed by atoms with Crippen LogP contribution < -0.4 is 0 Å². The maximum Gasteiger partial charge on any atom is 0.183 e. The molecule has 0 radical (unpaired) electrons. The molecule has 2 aromatic rings. The molecule has 5 heteroatoms. The fourth-order valence-corrected chi connectivity index (χ4v) is 3.43. The first-order chi connectivity index (χ1) is 8.70. The zero-order valence-corrected chi connectivity index (χ0v) is 12.2. The van der Waals surface area contributed by atoms with E-state index in [1.807, 2.05) is 12.1 Å². The average Bonchev–Trinajstić information content (AvgIpc) is 2.86. The minimum atomic E-state index is 0.131. The molecule has 0 aliphatic rings. The number of pyridine rings is 1. The fourth-order valence-electron chi connectivity index (χ4n) is 1.40. The van der Waals surface area contributed by atoms with Crippen molar-refractivity contribution in [3.05, 3.63) is 45.2 Å². The SMILES string of the molecule is CCc1ccc(C(=O)CSc2ncccc2Cl)s1. The van der Waals surface area contributed by atoms with E-state index in [2.05, 4.69) is 11.9 Å². The van der Waals surface area contributed by atoms with E-state index in [1.54, 1.807) is 29.7 Å². The Kier molecular flexibility index (Phi) is 4.80. The highest BCUT2D eigenvalue weighted by molar-refractivity contribution is 8.00. The molecule has 2 aromatic heterocycles. The number of aryl methyl sites for hydroxylation is 1. The van der Waals surface area contributed by atoms with E-state index < -0.39 is 0 Å². The van der Waals surface area contributed by atoms with Crippen LogP contribution in [0.25, 0.3) is 0 Å². The summed E-state index contributed by atoms with van der Waals surface area (Å²) in [6.45, 7) is 2.09. The van der Waals surface area contributed by atoms with Crippen molar-refractivity contribution in [3.8, 4) is 0 Å². The minimum Gasteiger partial charge on any atom is -0.292 e. The van der Waals surface area contributed by atoms with Crippen molar-refractivity contribution in [2.75, 3.05) is 5.75 Å². The molecule has 0 atom stereocenters. The maximum absolute atomic E-state index is 12.0. The molecule has 0 saturated heterocycles. The second kappa shape index (κ2) is 6.36. The number of thiophene rings is 1. The summed E-state index contributed by atoms with van der Waals surface area (Å²) in [5.41, 5.74) is 0. The molecular formula is C13H12ClNOS2. The molecule has 0 bridgehead atoms. The van der Waals surface area contributed by atoms with Gasteiger partial charge < -0.3 is 0 Å². The van der Waals surface area contributed by atoms with Gasteiger partial charge in [-0.15, -0.1) is 11.3 Å². The fraction of sp³-hybridized carbons (Fsp3) is 0.231. The monoisotopic (exact) mass is 297 g/mol. The molecule has 0 N–H and O–H groups in total. The zero-order chi connectivity index (χ0) is 13.0. The van der Waals surface area contributed by atoms with Crippen molar-refractivity contribution in [1.82, 2.24) is 4.98 Å². The molecule has 0 aliphatic carbocycles. The highest BCUT2D eigenvalue weighted by Crippen LogP contribution is 2.26. The van der Waals surface area contributed by atoms with Crippen LogP contribution in [0.3, 0.4) is 0 Å². The van der Waals surface area contributed by atoms with Crippen LogP contribution in [0.2, 0.25) is 5.02 Å². The van der Waals surface area contributed by atoms with Crippen LogP contribution in [-0.4, -0.2) is 16.5 Å². The van der Waals surface area contributed by atoms with Gasteiger partial charge in [-0.2, -0.15) is 0 Å². The lowest BCUT2D eigenvalue weighted by Gasteiger charge is -2.00. The third kappa shape index (κ3) is 3.34. The van der Waals surface area contributed by atoms with Gasteiger partial charge in [-0.1, -0.05) is 30.3 Å². The van der Waals surface area contributed by atoms with Gasteiger partial charge in [-0.3, -0.25) is 4.79 Å². The number of hydrogen-bond donors (Lipinski definition) is 0. The van der Waals surface area contributed by atoms with Gasteiger partial charge in [0.25, 0.3) is 0 Å². The lowest BCUT2D eigenvalue weighted by Crippen LogP contribution is -1.99. The predicted molar refractivity (Wildman–Crippen MR) is 78.0 cm³/mol. The third-order valence-corrected chi connectivity index (χ3v) is 5.04. The maximum atomic E-state index is 12.0. The summed E-state index contributed by atoms with van der Waals surface area (Å²) in [5.74, 6) is 0.506. The Morgan fingerprint density at radius 3 is 2.94 bits per heavy atom. The topological polar surface area (TPSA) is 30.0 Å². The van der Waals surface area contributed by atoms with Crippen molar-refractivity contribution in [2.24, 2.45) is 0 Å². The average molecular weight is 298 g/mol. The van der Waals surface area contributed by atoms with Crippen molar-refractivity contribution < 1.29 is 4.79 Å². The molecule has 0 spiro atoms. The second-order valence-corrected chi connectivity index (χ2v) is 6.16. The quantitative estimate of drug-likeness (QED) is 0.607. The number of Topliss-reactive ketones (excluding diaryl/α,β-unsaturated/α-hetero) is 1. The second-order valence-electron chi connectivity index (χ2n) is 3.62. The van der Waals surface area contributed by atoms with Gasteiger partial charge in [-0.25, -0.2) is 4.98 Å². The number of ketones is 1. The van der Waals surface area contributed by atoms with Gasteiger partial charge in [0.15, 0.2) is 5.78 Å². The van der Waals surface area contributed by atoms with E-state index in [0.717, 1.165) is 11.3 Å². The number of carbonyl (C=O) groups excluding carboxylic acids is 1. The Morgan fingerprint density at radius 1 is 1.44 bits per heavy atom. The smallest absolute Gasteiger partial charge is 0.183 e. The summed E-state index contributed by atoms with van der Waals surface area (Å²) in [6, 6.07) is 7.46. The number of rotatable bonds is 5. The lowest BCUT2D eigenvalue weighted by atomic mass is 10.3. The molecule has 94 valence electrons.